The van der Waals surface area contributed by atoms with E-state index in [1.54, 1.807) is 0 Å². The van der Waals surface area contributed by atoms with E-state index in [4.69, 9.17) is 0 Å². The highest BCUT2D eigenvalue weighted by molar-refractivity contribution is 7.85. The van der Waals surface area contributed by atoms with E-state index in [9.17, 15) is 9.32 Å². The molecule has 124 valence electrons. The molecule has 0 bridgehead atoms. The molecular weight excluding hydrogens is 304 g/mol. The summed E-state index contributed by atoms with van der Waals surface area (Å²) in [4.78, 5) is 1.20. The molecule has 0 aliphatic rings. The van der Waals surface area contributed by atoms with Crippen LogP contribution in [0.5, 0.6) is 5.75 Å². The van der Waals surface area contributed by atoms with Gasteiger partial charge in [-0.25, -0.2) is 4.21 Å². The van der Waals surface area contributed by atoms with Crippen molar-refractivity contribution in [2.75, 3.05) is 0 Å². The maximum Gasteiger partial charge on any atom is 0.135 e. The van der Waals surface area contributed by atoms with Crippen LogP contribution in [0.25, 0.3) is 0 Å². The second-order valence-electron chi connectivity index (χ2n) is 7.95. The minimum Gasteiger partial charge on any atom is -0.506 e. The molecule has 0 amide bonds. The van der Waals surface area contributed by atoms with Crippen molar-refractivity contribution < 1.29 is 9.32 Å². The highest BCUT2D eigenvalue weighted by atomic mass is 32.2. The van der Waals surface area contributed by atoms with Gasteiger partial charge in [-0.3, -0.25) is 0 Å². The first-order valence-electron chi connectivity index (χ1n) is 7.86. The molecule has 2 aromatic carbocycles. The Labute approximate surface area is 142 Å². The normalized spacial score (nSPS) is 13.8. The number of hydrogen-bond acceptors (Lipinski definition) is 2. The molecule has 0 saturated heterocycles. The van der Waals surface area contributed by atoms with Gasteiger partial charge in [0.25, 0.3) is 0 Å². The molecule has 1 unspecified atom stereocenters. The Morgan fingerprint density at radius 2 is 1.43 bits per heavy atom. The Morgan fingerprint density at radius 3 is 1.91 bits per heavy atom. The molecule has 2 aromatic rings. The summed E-state index contributed by atoms with van der Waals surface area (Å²) in [6, 6.07) is 13.2. The minimum atomic E-state index is -1.40. The third-order valence-corrected chi connectivity index (χ3v) is 5.32. The monoisotopic (exact) mass is 330 g/mol. The molecule has 0 saturated carbocycles. The average Bonchev–Trinajstić information content (AvgIpc) is 2.45. The van der Waals surface area contributed by atoms with Gasteiger partial charge in [-0.05, 0) is 34.6 Å². The highest BCUT2D eigenvalue weighted by Crippen LogP contribution is 2.40. The van der Waals surface area contributed by atoms with E-state index < -0.39 is 10.8 Å². The summed E-state index contributed by atoms with van der Waals surface area (Å²) >= 11 is 0. The van der Waals surface area contributed by atoms with Crippen LogP contribution in [-0.4, -0.2) is 9.32 Å². The Hall–Kier alpha value is -1.61. The molecule has 2 rings (SSSR count). The van der Waals surface area contributed by atoms with Crippen LogP contribution in [0.4, 0.5) is 0 Å². The van der Waals surface area contributed by atoms with Gasteiger partial charge in [0.1, 0.15) is 5.75 Å². The van der Waals surface area contributed by atoms with E-state index >= 15 is 0 Å². The summed E-state index contributed by atoms with van der Waals surface area (Å²) in [5.41, 5.74) is 1.62. The number of aromatic hydroxyl groups is 1. The molecule has 1 N–H and O–H groups in total. The van der Waals surface area contributed by atoms with Gasteiger partial charge in [0.05, 0.1) is 15.7 Å². The molecule has 0 aromatic heterocycles. The fraction of sp³-hybridized carbons (Fsp3) is 0.400. The zero-order valence-corrected chi connectivity index (χ0v) is 15.6. The van der Waals surface area contributed by atoms with Crippen molar-refractivity contribution >= 4 is 10.8 Å². The van der Waals surface area contributed by atoms with Crippen LogP contribution in [0.2, 0.25) is 0 Å². The zero-order chi connectivity index (χ0) is 17.4. The van der Waals surface area contributed by atoms with E-state index in [1.807, 2.05) is 42.5 Å². The maximum absolute atomic E-state index is 13.0. The highest BCUT2D eigenvalue weighted by Gasteiger charge is 2.27. The number of rotatable bonds is 2. The standard InChI is InChI=1S/C20H26O2S/c1-19(2,3)14-12-16(20(4,5)6)18(21)17(13-14)23(22)15-10-8-7-9-11-15/h7-13,21H,1-6H3. The lowest BCUT2D eigenvalue weighted by molar-refractivity contribution is 0.431. The van der Waals surface area contributed by atoms with Crippen molar-refractivity contribution in [2.45, 2.75) is 62.2 Å². The fourth-order valence-electron chi connectivity index (χ4n) is 2.42. The SMILES string of the molecule is CC(C)(C)c1cc(S(=O)c2ccccc2)c(O)c(C(C)(C)C)c1. The Bertz CT molecular complexity index is 720. The van der Waals surface area contributed by atoms with Gasteiger partial charge in [0.2, 0.25) is 0 Å². The van der Waals surface area contributed by atoms with Crippen LogP contribution >= 0.6 is 0 Å². The second-order valence-corrected chi connectivity index (χ2v) is 9.40. The van der Waals surface area contributed by atoms with Gasteiger partial charge in [-0.2, -0.15) is 0 Å². The van der Waals surface area contributed by atoms with Crippen LogP contribution in [0, 0.1) is 0 Å². The summed E-state index contributed by atoms with van der Waals surface area (Å²) in [5.74, 6) is 0.146. The molecule has 1 atom stereocenters. The lowest BCUT2D eigenvalue weighted by Gasteiger charge is -2.27. The van der Waals surface area contributed by atoms with Gasteiger partial charge >= 0.3 is 0 Å². The van der Waals surface area contributed by atoms with Crippen LogP contribution in [-0.2, 0) is 21.6 Å². The molecule has 0 fully saturated rings. The topological polar surface area (TPSA) is 37.3 Å². The van der Waals surface area contributed by atoms with Crippen LogP contribution in [0.1, 0.15) is 52.7 Å². The van der Waals surface area contributed by atoms with E-state index in [1.165, 1.54) is 0 Å². The van der Waals surface area contributed by atoms with Crippen LogP contribution in [0.3, 0.4) is 0 Å². The lowest BCUT2D eigenvalue weighted by Crippen LogP contribution is -2.17. The molecule has 2 nitrogen and oxygen atoms in total. The smallest absolute Gasteiger partial charge is 0.135 e. The predicted octanol–water partition coefficient (Wildman–Crippen LogP) is 5.15. The summed E-state index contributed by atoms with van der Waals surface area (Å²) in [6.07, 6.45) is 0. The molecular formula is C20H26O2S. The minimum absolute atomic E-state index is 0.0800. The number of benzene rings is 2. The number of phenolic OH excluding ortho intramolecular Hbond substituents is 1. The molecule has 23 heavy (non-hydrogen) atoms. The molecule has 0 heterocycles. The summed E-state index contributed by atoms with van der Waals surface area (Å²) < 4.78 is 13.0. The molecule has 0 aliphatic heterocycles. The fourth-order valence-corrected chi connectivity index (χ4v) is 3.60. The van der Waals surface area contributed by atoms with Crippen LogP contribution in [0.15, 0.2) is 52.3 Å². The summed E-state index contributed by atoms with van der Waals surface area (Å²) in [6.45, 7) is 12.6. The first kappa shape index (κ1) is 17.7. The Kier molecular flexibility index (Phi) is 4.72. The average molecular weight is 330 g/mol. The molecule has 0 aliphatic carbocycles. The van der Waals surface area contributed by atoms with E-state index in [0.717, 1.165) is 11.1 Å². The van der Waals surface area contributed by atoms with Gasteiger partial charge in [-0.1, -0.05) is 65.8 Å². The quantitative estimate of drug-likeness (QED) is 0.826. The molecule has 0 radical (unpaired) electrons. The van der Waals surface area contributed by atoms with Crippen LogP contribution < -0.4 is 0 Å². The van der Waals surface area contributed by atoms with Gasteiger partial charge in [0.15, 0.2) is 0 Å². The summed E-state index contributed by atoms with van der Waals surface area (Å²) in [7, 11) is -1.40. The second kappa shape index (κ2) is 6.12. The maximum atomic E-state index is 13.0. The van der Waals surface area contributed by atoms with E-state index in [0.29, 0.717) is 9.79 Å². The third kappa shape index (κ3) is 3.84. The van der Waals surface area contributed by atoms with Gasteiger partial charge in [0, 0.05) is 10.5 Å². The van der Waals surface area contributed by atoms with Gasteiger partial charge in [-0.15, -0.1) is 0 Å². The number of phenols is 1. The van der Waals surface area contributed by atoms with Crippen molar-refractivity contribution in [3.63, 3.8) is 0 Å². The van der Waals surface area contributed by atoms with Crippen molar-refractivity contribution in [1.82, 2.24) is 0 Å². The van der Waals surface area contributed by atoms with Crippen molar-refractivity contribution in [3.8, 4) is 5.75 Å². The largest absolute Gasteiger partial charge is 0.506 e. The molecule has 3 heteroatoms. The Balaban J connectivity index is 2.70. The Morgan fingerprint density at radius 1 is 0.870 bits per heavy atom. The van der Waals surface area contributed by atoms with Crippen molar-refractivity contribution in [2.24, 2.45) is 0 Å². The molecule has 0 spiro atoms. The first-order valence-corrected chi connectivity index (χ1v) is 9.01. The summed E-state index contributed by atoms with van der Waals surface area (Å²) in [5, 5.41) is 10.8. The predicted molar refractivity (Wildman–Crippen MR) is 96.6 cm³/mol. The van der Waals surface area contributed by atoms with E-state index in [-0.39, 0.29) is 16.6 Å². The first-order chi connectivity index (χ1) is 10.5. The van der Waals surface area contributed by atoms with E-state index in [2.05, 4.69) is 41.5 Å². The number of hydrogen-bond donors (Lipinski definition) is 1. The zero-order valence-electron chi connectivity index (χ0n) is 14.8. The lowest BCUT2D eigenvalue weighted by atomic mass is 9.80. The third-order valence-electron chi connectivity index (χ3n) is 3.91. The van der Waals surface area contributed by atoms with Crippen molar-refractivity contribution in [1.29, 1.82) is 0 Å². The van der Waals surface area contributed by atoms with Gasteiger partial charge < -0.3 is 5.11 Å². The van der Waals surface area contributed by atoms with Crippen molar-refractivity contribution in [3.05, 3.63) is 53.6 Å².